The minimum absolute atomic E-state index is 0.0327. The van der Waals surface area contributed by atoms with Crippen molar-refractivity contribution in [3.05, 3.63) is 77.3 Å². The number of rotatable bonds is 8. The Hall–Kier alpha value is -3.57. The number of hydrogen-bond acceptors (Lipinski definition) is 4. The van der Waals surface area contributed by atoms with Gasteiger partial charge in [0.05, 0.1) is 0 Å². The average Bonchev–Trinajstić information content (AvgIpc) is 2.67. The summed E-state index contributed by atoms with van der Waals surface area (Å²) in [7, 11) is 0. The molecule has 0 aliphatic rings. The van der Waals surface area contributed by atoms with Crippen molar-refractivity contribution < 1.29 is 23.9 Å². The first kappa shape index (κ1) is 18.8. The van der Waals surface area contributed by atoms with E-state index in [9.17, 15) is 14.4 Å². The molecular formula is C19H17N3O4. The first-order valence-corrected chi connectivity index (χ1v) is 7.87. The quantitative estimate of drug-likeness (QED) is 0.339. The lowest BCUT2D eigenvalue weighted by Gasteiger charge is -2.16. The molecule has 7 nitrogen and oxygen atoms in total. The van der Waals surface area contributed by atoms with E-state index in [1.807, 2.05) is 24.3 Å². The van der Waals surface area contributed by atoms with Crippen LogP contribution in [0.3, 0.4) is 0 Å². The first-order valence-electron chi connectivity index (χ1n) is 7.87. The first-order chi connectivity index (χ1) is 12.6. The molecule has 0 saturated heterocycles. The molecule has 0 fully saturated rings. The van der Waals surface area contributed by atoms with E-state index in [-0.39, 0.29) is 13.0 Å². The van der Waals surface area contributed by atoms with E-state index in [0.717, 1.165) is 11.1 Å². The average molecular weight is 351 g/mol. The molecule has 132 valence electrons. The van der Waals surface area contributed by atoms with Crippen molar-refractivity contribution in [2.75, 3.05) is 0 Å². The topological polar surface area (TPSA) is 109 Å². The smallest absolute Gasteiger partial charge is 0.408 e. The van der Waals surface area contributed by atoms with Crippen LogP contribution in [0.2, 0.25) is 0 Å². The number of amides is 1. The molecule has 0 aliphatic heterocycles. The number of ether oxygens (including phenoxy) is 1. The van der Waals surface area contributed by atoms with Crippen LogP contribution in [0.15, 0.2) is 60.7 Å². The number of carbonyl (C=O) groups is 3. The van der Waals surface area contributed by atoms with Crippen molar-refractivity contribution in [1.29, 1.82) is 0 Å². The highest BCUT2D eigenvalue weighted by Gasteiger charge is 2.28. The zero-order valence-corrected chi connectivity index (χ0v) is 13.9. The molecule has 0 saturated carbocycles. The Kier molecular flexibility index (Phi) is 6.97. The Labute approximate surface area is 150 Å². The van der Waals surface area contributed by atoms with Crippen LogP contribution < -0.4 is 5.32 Å². The highest BCUT2D eigenvalue weighted by atomic mass is 16.5. The molecule has 0 aliphatic carbocycles. The number of ketones is 2. The molecule has 2 aromatic rings. The van der Waals surface area contributed by atoms with Crippen molar-refractivity contribution in [2.45, 2.75) is 19.1 Å². The number of alkyl carbamates (subject to hydrolysis) is 1. The molecule has 1 amide bonds. The fourth-order valence-electron chi connectivity index (χ4n) is 2.25. The van der Waals surface area contributed by atoms with E-state index < -0.39 is 23.7 Å². The van der Waals surface area contributed by atoms with Crippen LogP contribution >= 0.6 is 0 Å². The van der Waals surface area contributed by atoms with Crippen LogP contribution in [0, 0.1) is 0 Å². The number of benzene rings is 2. The lowest BCUT2D eigenvalue weighted by Crippen LogP contribution is -2.45. The van der Waals surface area contributed by atoms with E-state index in [1.165, 1.54) is 0 Å². The van der Waals surface area contributed by atoms with Gasteiger partial charge in [-0.25, -0.2) is 4.79 Å². The molecule has 0 bridgehead atoms. The van der Waals surface area contributed by atoms with Gasteiger partial charge in [-0.05, 0) is 11.1 Å². The van der Waals surface area contributed by atoms with E-state index in [0.29, 0.717) is 6.21 Å². The molecule has 0 aromatic heterocycles. The Balaban J connectivity index is 2.04. The van der Waals surface area contributed by atoms with Gasteiger partial charge in [0.1, 0.15) is 12.6 Å². The SMILES string of the molecule is [N-]=[N+]=CC(=O)C(=O)C(Cc1ccccc1)NC(=O)OCc1ccccc1. The van der Waals surface area contributed by atoms with Gasteiger partial charge in [-0.15, -0.1) is 0 Å². The number of Topliss-reactive ketones (excluding diaryl/α,β-unsaturated/α-hetero) is 2. The van der Waals surface area contributed by atoms with Gasteiger partial charge in [0.15, 0.2) is 0 Å². The molecule has 1 atom stereocenters. The number of nitrogens with zero attached hydrogens (tertiary/aromatic N) is 2. The van der Waals surface area contributed by atoms with Crippen molar-refractivity contribution in [2.24, 2.45) is 0 Å². The summed E-state index contributed by atoms with van der Waals surface area (Å²) in [5, 5.41) is 2.40. The fraction of sp³-hybridized carbons (Fsp3) is 0.158. The van der Waals surface area contributed by atoms with E-state index in [2.05, 4.69) is 10.1 Å². The summed E-state index contributed by atoms with van der Waals surface area (Å²) < 4.78 is 5.09. The van der Waals surface area contributed by atoms with Gasteiger partial charge < -0.3 is 15.6 Å². The van der Waals surface area contributed by atoms with Crippen LogP contribution in [0.25, 0.3) is 5.53 Å². The van der Waals surface area contributed by atoms with E-state index in [1.54, 1.807) is 36.4 Å². The molecule has 0 heterocycles. The summed E-state index contributed by atoms with van der Waals surface area (Å²) in [6.45, 7) is 0.0327. The van der Waals surface area contributed by atoms with Crippen molar-refractivity contribution >= 4 is 23.9 Å². The Morgan fingerprint density at radius 2 is 1.58 bits per heavy atom. The normalized spacial score (nSPS) is 10.9. The maximum absolute atomic E-state index is 12.2. The molecule has 0 spiro atoms. The van der Waals surface area contributed by atoms with Crippen LogP contribution in [0.5, 0.6) is 0 Å². The van der Waals surface area contributed by atoms with Crippen LogP contribution in [-0.4, -0.2) is 34.7 Å². The molecule has 0 radical (unpaired) electrons. The number of nitrogens with one attached hydrogen (secondary N) is 1. The summed E-state index contributed by atoms with van der Waals surface area (Å²) in [5.74, 6) is -1.92. The second kappa shape index (κ2) is 9.66. The molecule has 2 rings (SSSR count). The zero-order chi connectivity index (χ0) is 18.8. The van der Waals surface area contributed by atoms with Gasteiger partial charge in [-0.3, -0.25) is 9.59 Å². The predicted molar refractivity (Wildman–Crippen MR) is 93.4 cm³/mol. The number of carbonyl (C=O) groups excluding carboxylic acids is 3. The molecular weight excluding hydrogens is 334 g/mol. The van der Waals surface area contributed by atoms with Gasteiger partial charge in [-0.1, -0.05) is 60.7 Å². The minimum atomic E-state index is -1.13. The lowest BCUT2D eigenvalue weighted by atomic mass is 10.0. The minimum Gasteiger partial charge on any atom is -0.445 e. The van der Waals surface area contributed by atoms with E-state index in [4.69, 9.17) is 10.3 Å². The fourth-order valence-corrected chi connectivity index (χ4v) is 2.25. The van der Waals surface area contributed by atoms with Gasteiger partial charge in [0, 0.05) is 6.42 Å². The van der Waals surface area contributed by atoms with Crippen LogP contribution in [-0.2, 0) is 27.4 Å². The van der Waals surface area contributed by atoms with Gasteiger partial charge in [0.25, 0.3) is 0 Å². The van der Waals surface area contributed by atoms with Crippen LogP contribution in [0.1, 0.15) is 11.1 Å². The summed E-state index contributed by atoms with van der Waals surface area (Å²) in [5.41, 5.74) is 9.98. The second-order valence-electron chi connectivity index (χ2n) is 5.42. The zero-order valence-electron chi connectivity index (χ0n) is 13.9. The highest BCUT2D eigenvalue weighted by Crippen LogP contribution is 2.06. The molecule has 1 unspecified atom stereocenters. The molecule has 2 aromatic carbocycles. The molecule has 26 heavy (non-hydrogen) atoms. The maximum atomic E-state index is 12.2. The predicted octanol–water partition coefficient (Wildman–Crippen LogP) is 1.96. The third kappa shape index (κ3) is 5.81. The summed E-state index contributed by atoms with van der Waals surface area (Å²) in [6, 6.07) is 16.8. The third-order valence-electron chi connectivity index (χ3n) is 3.52. The van der Waals surface area contributed by atoms with Crippen LogP contribution in [0.4, 0.5) is 4.79 Å². The molecule has 7 heteroatoms. The number of hydrogen-bond donors (Lipinski definition) is 1. The van der Waals surface area contributed by atoms with Gasteiger partial charge >= 0.3 is 18.1 Å². The molecule has 1 N–H and O–H groups in total. The van der Waals surface area contributed by atoms with Crippen molar-refractivity contribution in [1.82, 2.24) is 5.32 Å². The summed E-state index contributed by atoms with van der Waals surface area (Å²) in [6.07, 6.45) is -0.223. The monoisotopic (exact) mass is 351 g/mol. The second-order valence-corrected chi connectivity index (χ2v) is 5.42. The Morgan fingerprint density at radius 1 is 1.00 bits per heavy atom. The van der Waals surface area contributed by atoms with Crippen molar-refractivity contribution in [3.63, 3.8) is 0 Å². The third-order valence-corrected chi connectivity index (χ3v) is 3.52. The summed E-state index contributed by atoms with van der Waals surface area (Å²) in [4.78, 5) is 38.5. The summed E-state index contributed by atoms with van der Waals surface area (Å²) >= 11 is 0. The maximum Gasteiger partial charge on any atom is 0.408 e. The largest absolute Gasteiger partial charge is 0.445 e. The Bertz CT molecular complexity index is 815. The van der Waals surface area contributed by atoms with E-state index >= 15 is 0 Å². The van der Waals surface area contributed by atoms with Gasteiger partial charge in [-0.2, -0.15) is 4.79 Å². The standard InChI is InChI=1S/C19H17N3O4/c20-21-12-17(23)18(24)16(11-14-7-3-1-4-8-14)22-19(25)26-13-15-9-5-2-6-10-15/h1-10,12,16H,11,13H2,(H,22,25). The highest BCUT2D eigenvalue weighted by molar-refractivity contribution is 6.59. The van der Waals surface area contributed by atoms with Gasteiger partial charge in [0.2, 0.25) is 5.78 Å². The Morgan fingerprint density at radius 3 is 2.15 bits per heavy atom. The lowest BCUT2D eigenvalue weighted by molar-refractivity contribution is -0.135. The van der Waals surface area contributed by atoms with Crippen molar-refractivity contribution in [3.8, 4) is 0 Å².